The number of carbonyl (C=O) groups excluding carboxylic acids is 2. The zero-order valence-electron chi connectivity index (χ0n) is 27.1. The molecule has 4 unspecified atom stereocenters. The van der Waals surface area contributed by atoms with E-state index in [0.29, 0.717) is 24.3 Å². The minimum absolute atomic E-state index is 0.276. The normalized spacial score (nSPS) is 23.0. The van der Waals surface area contributed by atoms with Crippen molar-refractivity contribution in [1.29, 1.82) is 0 Å². The van der Waals surface area contributed by atoms with E-state index in [1.807, 2.05) is 0 Å². The lowest BCUT2D eigenvalue weighted by atomic mass is 9.77. The summed E-state index contributed by atoms with van der Waals surface area (Å²) in [6.45, 7) is 2.19. The van der Waals surface area contributed by atoms with Crippen LogP contribution < -0.4 is 10.6 Å². The summed E-state index contributed by atoms with van der Waals surface area (Å²) < 4.78 is 100. The Morgan fingerprint density at radius 2 is 1.06 bits per heavy atom. The number of nitrogens with zero attached hydrogens (tertiary/aromatic N) is 2. The van der Waals surface area contributed by atoms with Gasteiger partial charge in [0.15, 0.2) is 12.1 Å². The van der Waals surface area contributed by atoms with Gasteiger partial charge < -0.3 is 24.8 Å². The maximum absolute atomic E-state index is 14.2. The summed E-state index contributed by atoms with van der Waals surface area (Å²) in [7, 11) is 0. The number of hydrogen-bond acceptors (Lipinski definition) is 9. The number of hydrogen-bond donors (Lipinski definition) is 2. The van der Waals surface area contributed by atoms with Gasteiger partial charge in [-0.1, -0.05) is 59.6 Å². The smallest absolute Gasteiger partial charge is 0.416 e. The fourth-order valence-electron chi connectivity index (χ4n) is 5.82. The van der Waals surface area contributed by atoms with Crippen LogP contribution in [-0.4, -0.2) is 47.3 Å². The number of ether oxygens (including phenoxy) is 3. The molecule has 0 aromatic heterocycles. The van der Waals surface area contributed by atoms with Gasteiger partial charge in [-0.05, 0) is 38.1 Å². The average molecular weight is 795 g/mol. The van der Waals surface area contributed by atoms with Crippen LogP contribution in [0.5, 0.6) is 0 Å². The standard InChI is InChI=1S/C32H26Cl2F6N4O9/c1-3-51-27(45)41-25-23(33)21(13-15-29(25,43(47)48)17-9-5-7-11-19(17)31(35,36)37)53-22-14-16-30(44(49)50,26(24(22)34)42-28(46)52-4-2)18-10-6-8-12-20(18)32(38,39)40/h5-16,25-26H,3-4H2,1-2H3,(H,41,45)(H,42,46). The number of amides is 2. The molecule has 4 rings (SSSR count). The Bertz CT molecular complexity index is 1800. The highest BCUT2D eigenvalue weighted by Gasteiger charge is 2.60. The molecule has 2 aromatic rings. The first kappa shape index (κ1) is 40.5. The van der Waals surface area contributed by atoms with Gasteiger partial charge >= 0.3 is 24.5 Å². The average Bonchev–Trinajstić information content (AvgIpc) is 3.07. The number of alkyl carbamates (subject to hydrolysis) is 2. The van der Waals surface area contributed by atoms with Gasteiger partial charge in [-0.15, -0.1) is 0 Å². The maximum Gasteiger partial charge on any atom is 0.416 e. The largest absolute Gasteiger partial charge is 0.455 e. The van der Waals surface area contributed by atoms with Crippen LogP contribution in [0.3, 0.4) is 0 Å². The molecule has 0 bridgehead atoms. The van der Waals surface area contributed by atoms with Gasteiger partial charge in [-0.3, -0.25) is 20.2 Å². The maximum atomic E-state index is 14.2. The number of allylic oxidation sites excluding steroid dienone is 2. The Balaban J connectivity index is 1.93. The molecule has 0 saturated heterocycles. The van der Waals surface area contributed by atoms with E-state index < -0.39 is 101 Å². The monoisotopic (exact) mass is 794 g/mol. The second-order valence-corrected chi connectivity index (χ2v) is 11.9. The Labute approximate surface area is 305 Å². The van der Waals surface area contributed by atoms with Gasteiger partial charge in [0.05, 0.1) is 34.4 Å². The van der Waals surface area contributed by atoms with Crippen molar-refractivity contribution in [2.24, 2.45) is 0 Å². The summed E-state index contributed by atoms with van der Waals surface area (Å²) in [5.41, 5.74) is -10.7. The molecule has 0 radical (unpaired) electrons. The quantitative estimate of drug-likeness (QED) is 0.139. The molecular formula is C32H26Cl2F6N4O9. The first-order chi connectivity index (χ1) is 24.8. The van der Waals surface area contributed by atoms with E-state index in [2.05, 4.69) is 10.6 Å². The fraction of sp³-hybridized carbons (Fsp3) is 0.312. The molecule has 0 fully saturated rings. The number of carbonyl (C=O) groups is 2. The summed E-state index contributed by atoms with van der Waals surface area (Å²) in [4.78, 5) is 48.6. The Hall–Kier alpha value is -5.30. The highest BCUT2D eigenvalue weighted by atomic mass is 35.5. The molecule has 2 aliphatic carbocycles. The molecule has 53 heavy (non-hydrogen) atoms. The summed E-state index contributed by atoms with van der Waals surface area (Å²) in [6, 6.07) is 2.52. The number of nitrogens with one attached hydrogen (secondary N) is 2. The van der Waals surface area contributed by atoms with Crippen LogP contribution in [0.4, 0.5) is 35.9 Å². The van der Waals surface area contributed by atoms with Crippen molar-refractivity contribution >= 4 is 35.4 Å². The minimum Gasteiger partial charge on any atom is -0.455 e. The third-order valence-corrected chi connectivity index (χ3v) is 8.87. The van der Waals surface area contributed by atoms with Gasteiger partial charge in [-0.25, -0.2) is 9.59 Å². The summed E-state index contributed by atoms with van der Waals surface area (Å²) in [5, 5.41) is 28.2. The molecule has 4 atom stereocenters. The third-order valence-electron chi connectivity index (χ3n) is 8.06. The lowest BCUT2D eigenvalue weighted by molar-refractivity contribution is -0.567. The van der Waals surface area contributed by atoms with Crippen molar-refractivity contribution in [2.75, 3.05) is 13.2 Å². The van der Waals surface area contributed by atoms with Crippen molar-refractivity contribution in [1.82, 2.24) is 10.6 Å². The number of rotatable bonds is 10. The SMILES string of the molecule is CCOC(=O)NC1C(Cl)=C(OC2=C(Cl)C(NC(=O)OCC)C(c3ccccc3C(F)(F)F)([N+](=O)[O-])C=C2)C=CC1(c1ccccc1C(F)(F)F)[N+](=O)[O-]. The topological polar surface area (TPSA) is 172 Å². The zero-order chi connectivity index (χ0) is 39.5. The molecular weight excluding hydrogens is 769 g/mol. The van der Waals surface area contributed by atoms with E-state index in [0.717, 1.165) is 48.6 Å². The lowest BCUT2D eigenvalue weighted by Gasteiger charge is -2.37. The van der Waals surface area contributed by atoms with E-state index in [4.69, 9.17) is 37.4 Å². The molecule has 0 heterocycles. The first-order valence-electron chi connectivity index (χ1n) is 15.1. The third kappa shape index (κ3) is 7.61. The van der Waals surface area contributed by atoms with Crippen molar-refractivity contribution in [3.05, 3.63) is 137 Å². The first-order valence-corrected chi connectivity index (χ1v) is 15.9. The van der Waals surface area contributed by atoms with Gasteiger partial charge in [0.25, 0.3) is 11.1 Å². The second-order valence-electron chi connectivity index (χ2n) is 11.0. The molecule has 2 aliphatic rings. The van der Waals surface area contributed by atoms with E-state index >= 15 is 0 Å². The number of alkyl halides is 6. The summed E-state index contributed by atoms with van der Waals surface area (Å²) >= 11 is 13.1. The molecule has 2 aromatic carbocycles. The molecule has 2 N–H and O–H groups in total. The fourth-order valence-corrected chi connectivity index (χ4v) is 6.46. The molecule has 284 valence electrons. The molecule has 21 heteroatoms. The van der Waals surface area contributed by atoms with Crippen LogP contribution in [-0.2, 0) is 37.6 Å². The van der Waals surface area contributed by atoms with E-state index in [-0.39, 0.29) is 13.2 Å². The van der Waals surface area contributed by atoms with Crippen LogP contribution in [0.25, 0.3) is 0 Å². The van der Waals surface area contributed by atoms with Crippen molar-refractivity contribution in [3.63, 3.8) is 0 Å². The minimum atomic E-state index is -5.13. The highest BCUT2D eigenvalue weighted by molar-refractivity contribution is 6.31. The van der Waals surface area contributed by atoms with Gasteiger partial charge in [0.1, 0.15) is 11.5 Å². The van der Waals surface area contributed by atoms with Crippen LogP contribution in [0.2, 0.25) is 0 Å². The molecule has 0 saturated carbocycles. The number of benzene rings is 2. The lowest BCUT2D eigenvalue weighted by Crippen LogP contribution is -2.57. The van der Waals surface area contributed by atoms with Gasteiger partial charge in [0, 0.05) is 33.1 Å². The van der Waals surface area contributed by atoms with Crippen LogP contribution in [0.15, 0.2) is 94.4 Å². The van der Waals surface area contributed by atoms with Crippen LogP contribution >= 0.6 is 23.2 Å². The van der Waals surface area contributed by atoms with Crippen LogP contribution in [0, 0.1) is 20.2 Å². The van der Waals surface area contributed by atoms with Crippen molar-refractivity contribution < 1.29 is 60.0 Å². The molecule has 13 nitrogen and oxygen atoms in total. The van der Waals surface area contributed by atoms with E-state index in [1.165, 1.54) is 13.8 Å². The predicted molar refractivity (Wildman–Crippen MR) is 173 cm³/mol. The van der Waals surface area contributed by atoms with Gasteiger partial charge in [-0.2, -0.15) is 26.3 Å². The second kappa shape index (κ2) is 15.4. The van der Waals surface area contributed by atoms with Crippen molar-refractivity contribution in [2.45, 2.75) is 49.4 Å². The van der Waals surface area contributed by atoms with Crippen molar-refractivity contribution in [3.8, 4) is 0 Å². The summed E-state index contributed by atoms with van der Waals surface area (Å²) in [5.74, 6) is -1.24. The van der Waals surface area contributed by atoms with E-state index in [9.17, 15) is 56.2 Å². The Morgan fingerprint density at radius 3 is 1.36 bits per heavy atom. The van der Waals surface area contributed by atoms with E-state index in [1.54, 1.807) is 0 Å². The molecule has 0 spiro atoms. The molecule has 2 amide bonds. The summed E-state index contributed by atoms with van der Waals surface area (Å²) in [6.07, 6.45) is -10.1. The predicted octanol–water partition coefficient (Wildman–Crippen LogP) is 7.65. The zero-order valence-corrected chi connectivity index (χ0v) is 28.6. The Kier molecular flexibility index (Phi) is 11.7. The van der Waals surface area contributed by atoms with Gasteiger partial charge in [0.2, 0.25) is 0 Å². The number of halogens is 8. The highest BCUT2D eigenvalue weighted by Crippen LogP contribution is 2.48. The van der Waals surface area contributed by atoms with Crippen LogP contribution in [0.1, 0.15) is 36.1 Å². The Morgan fingerprint density at radius 1 is 0.717 bits per heavy atom. The molecule has 0 aliphatic heterocycles. The number of nitro groups is 2.